The first-order valence-corrected chi connectivity index (χ1v) is 12.3. The van der Waals surface area contributed by atoms with Crippen molar-refractivity contribution in [3.8, 4) is 5.75 Å². The van der Waals surface area contributed by atoms with E-state index in [2.05, 4.69) is 0 Å². The molecule has 10 nitrogen and oxygen atoms in total. The van der Waals surface area contributed by atoms with E-state index in [0.717, 1.165) is 0 Å². The Morgan fingerprint density at radius 3 is 2.38 bits per heavy atom. The van der Waals surface area contributed by atoms with Gasteiger partial charge in [0.15, 0.2) is 11.4 Å². The fraction of sp³-hybridized carbons (Fsp3) is 0.250. The van der Waals surface area contributed by atoms with Crippen LogP contribution in [0.1, 0.15) is 16.7 Å². The highest BCUT2D eigenvalue weighted by Crippen LogP contribution is 2.56. The molecule has 3 aliphatic rings. The molecule has 39 heavy (non-hydrogen) atoms. The van der Waals surface area contributed by atoms with Crippen LogP contribution in [0.2, 0.25) is 5.02 Å². The normalized spacial score (nSPS) is 29.4. The van der Waals surface area contributed by atoms with Crippen molar-refractivity contribution in [2.45, 2.75) is 17.7 Å². The number of amides is 1. The molecule has 0 heterocycles. The van der Waals surface area contributed by atoms with E-state index in [-0.39, 0.29) is 16.9 Å². The molecular weight excluding hydrogens is 528 g/mol. The zero-order valence-electron chi connectivity index (χ0n) is 20.8. The number of hydrogen-bond acceptors (Lipinski definition) is 9. The van der Waals surface area contributed by atoms with Gasteiger partial charge in [-0.2, -0.15) is 0 Å². The van der Waals surface area contributed by atoms with Gasteiger partial charge in [-0.15, -0.1) is 0 Å². The minimum absolute atomic E-state index is 0.130. The van der Waals surface area contributed by atoms with E-state index in [1.165, 1.54) is 31.1 Å². The van der Waals surface area contributed by atoms with Gasteiger partial charge in [-0.3, -0.25) is 19.3 Å². The molecule has 5 rings (SSSR count). The highest BCUT2D eigenvalue weighted by molar-refractivity contribution is 6.30. The van der Waals surface area contributed by atoms with Crippen molar-refractivity contribution in [1.29, 1.82) is 0 Å². The van der Waals surface area contributed by atoms with Crippen molar-refractivity contribution < 1.29 is 39.9 Å². The number of aliphatic hydroxyl groups excluding tert-OH is 3. The summed E-state index contributed by atoms with van der Waals surface area (Å²) >= 11 is 6.17. The lowest BCUT2D eigenvalue weighted by molar-refractivity contribution is -0.166. The van der Waals surface area contributed by atoms with Crippen LogP contribution in [0, 0.1) is 11.8 Å². The number of aromatic hydroxyl groups is 1. The zero-order chi connectivity index (χ0) is 28.5. The number of nitrogens with zero attached hydrogens (tertiary/aromatic N) is 1. The lowest BCUT2D eigenvalue weighted by Crippen LogP contribution is -2.70. The van der Waals surface area contributed by atoms with Crippen molar-refractivity contribution in [3.63, 3.8) is 0 Å². The van der Waals surface area contributed by atoms with E-state index in [1.54, 1.807) is 36.4 Å². The fourth-order valence-corrected chi connectivity index (χ4v) is 6.28. The minimum atomic E-state index is -2.99. The second-order valence-electron chi connectivity index (χ2n) is 10.1. The molecule has 0 aromatic heterocycles. The summed E-state index contributed by atoms with van der Waals surface area (Å²) in [7, 11) is 2.89. The van der Waals surface area contributed by atoms with E-state index < -0.39 is 69.7 Å². The Bertz CT molecular complexity index is 1560. The number of halogens is 1. The average molecular weight is 553 g/mol. The second kappa shape index (κ2) is 9.06. The molecule has 7 N–H and O–H groups in total. The number of carbonyl (C=O) groups is 3. The molecule has 11 heteroatoms. The Morgan fingerprint density at radius 2 is 1.77 bits per heavy atom. The van der Waals surface area contributed by atoms with Gasteiger partial charge in [-0.1, -0.05) is 41.9 Å². The molecule has 3 aliphatic carbocycles. The largest absolute Gasteiger partial charge is 0.508 e. The van der Waals surface area contributed by atoms with Gasteiger partial charge in [0.2, 0.25) is 5.78 Å². The second-order valence-corrected chi connectivity index (χ2v) is 10.5. The number of rotatable bonds is 3. The van der Waals surface area contributed by atoms with E-state index >= 15 is 0 Å². The van der Waals surface area contributed by atoms with Crippen LogP contribution in [0.15, 0.2) is 59.4 Å². The Hall–Kier alpha value is -3.96. The molecule has 202 valence electrons. The molecule has 2 aromatic rings. The molecule has 1 saturated carbocycles. The number of nitrogens with two attached hydrogens (primary N) is 1. The van der Waals surface area contributed by atoms with Crippen molar-refractivity contribution in [3.05, 3.63) is 81.1 Å². The number of aliphatic hydroxyl groups is 4. The maximum absolute atomic E-state index is 14.1. The van der Waals surface area contributed by atoms with Crippen LogP contribution < -0.4 is 5.73 Å². The molecule has 5 atom stereocenters. The Morgan fingerprint density at radius 1 is 1.10 bits per heavy atom. The zero-order valence-corrected chi connectivity index (χ0v) is 21.5. The molecule has 2 aromatic carbocycles. The number of Topliss-reactive ketones (excluding diaryl/α,β-unsaturated/α-hetero) is 2. The summed E-state index contributed by atoms with van der Waals surface area (Å²) in [5.74, 6) is -8.97. The van der Waals surface area contributed by atoms with Crippen molar-refractivity contribution >= 4 is 46.5 Å². The van der Waals surface area contributed by atoms with E-state index in [0.29, 0.717) is 16.1 Å². The number of fused-ring (bicyclic) bond motifs is 3. The first-order valence-electron chi connectivity index (χ1n) is 11.9. The molecular formula is C28H25ClN2O8. The number of phenols is 1. The third-order valence-corrected chi connectivity index (χ3v) is 7.94. The van der Waals surface area contributed by atoms with Gasteiger partial charge in [0.1, 0.15) is 22.8 Å². The van der Waals surface area contributed by atoms with Gasteiger partial charge >= 0.3 is 0 Å². The summed E-state index contributed by atoms with van der Waals surface area (Å²) in [6.07, 6.45) is -0.138. The van der Waals surface area contributed by atoms with Crippen LogP contribution in [0.25, 0.3) is 17.4 Å². The predicted octanol–water partition coefficient (Wildman–Crippen LogP) is 1.59. The lowest BCUT2D eigenvalue weighted by atomic mass is 9.55. The first kappa shape index (κ1) is 26.6. The number of phenolic OH excluding ortho intramolecular Hbond substituents is 1. The van der Waals surface area contributed by atoms with Gasteiger partial charge in [-0.05, 0) is 49.0 Å². The van der Waals surface area contributed by atoms with Crippen LogP contribution in [0.4, 0.5) is 0 Å². The van der Waals surface area contributed by atoms with Crippen molar-refractivity contribution in [1.82, 2.24) is 4.90 Å². The van der Waals surface area contributed by atoms with Gasteiger partial charge in [0.05, 0.1) is 29.2 Å². The van der Waals surface area contributed by atoms with Gasteiger partial charge in [0, 0.05) is 10.9 Å². The van der Waals surface area contributed by atoms with Crippen LogP contribution >= 0.6 is 11.6 Å². The van der Waals surface area contributed by atoms with Gasteiger partial charge in [0.25, 0.3) is 5.91 Å². The number of benzene rings is 2. The molecule has 0 aliphatic heterocycles. The van der Waals surface area contributed by atoms with E-state index in [4.69, 9.17) is 17.3 Å². The third-order valence-electron chi connectivity index (χ3n) is 7.70. The van der Waals surface area contributed by atoms with Gasteiger partial charge in [-0.25, -0.2) is 0 Å². The molecule has 1 amide bonds. The number of ketones is 2. The maximum atomic E-state index is 14.1. The quantitative estimate of drug-likeness (QED) is 0.308. The Balaban J connectivity index is 1.86. The first-order chi connectivity index (χ1) is 18.3. The van der Waals surface area contributed by atoms with Crippen LogP contribution in [0.3, 0.4) is 0 Å². The summed E-state index contributed by atoms with van der Waals surface area (Å²) in [5.41, 5.74) is 1.88. The van der Waals surface area contributed by atoms with Gasteiger partial charge < -0.3 is 31.3 Å². The topological polar surface area (TPSA) is 182 Å². The molecule has 0 radical (unpaired) electrons. The maximum Gasteiger partial charge on any atom is 0.255 e. The summed E-state index contributed by atoms with van der Waals surface area (Å²) in [6.45, 7) is 0. The van der Waals surface area contributed by atoms with Crippen LogP contribution in [-0.2, 0) is 14.4 Å². The number of carbonyl (C=O) groups excluding carboxylic acids is 3. The van der Waals surface area contributed by atoms with Crippen LogP contribution in [0.5, 0.6) is 5.75 Å². The Labute approximate surface area is 227 Å². The Kier molecular flexibility index (Phi) is 6.19. The molecule has 0 unspecified atom stereocenters. The van der Waals surface area contributed by atoms with Crippen LogP contribution in [-0.4, -0.2) is 79.7 Å². The molecule has 0 saturated heterocycles. The monoisotopic (exact) mass is 552 g/mol. The lowest BCUT2D eigenvalue weighted by Gasteiger charge is -2.53. The molecule has 0 spiro atoms. The highest BCUT2D eigenvalue weighted by Gasteiger charge is 2.68. The smallest absolute Gasteiger partial charge is 0.255 e. The summed E-state index contributed by atoms with van der Waals surface area (Å²) in [6, 6.07) is 9.62. The number of primary amides is 1. The number of likely N-dealkylation sites (N-methyl/N-ethyl adjacent to an activating group) is 1. The van der Waals surface area contributed by atoms with E-state index in [1.807, 2.05) is 0 Å². The molecule has 0 bridgehead atoms. The third kappa shape index (κ3) is 3.64. The standard InChI is InChI=1S/C28H25ClN2O8/c1-31(2)21-20-23(34)17-14(10-11-5-3-6-12(29)9-11)13-7-4-8-15(32)16(13)22(33)18(17)25(36)28(20,39)26(37)19(24(21)35)27(30)38/h3-10,17,20-21,23,32-34,37,39H,1-2H3,(H2,30,38)/b14-10+/t17-,20-,21+,23+,28-/m0/s1. The SMILES string of the molecule is CN(C)[C@H]1C(=O)C(C(N)=O)=C(O)[C@@]2(O)C(=O)C3=C(O)c4c(O)cccc4/C(=C\c4cccc(Cl)c4)[C@@H]3[C@@H](O)[C@H]12. The molecule has 1 fully saturated rings. The predicted molar refractivity (Wildman–Crippen MR) is 141 cm³/mol. The fourth-order valence-electron chi connectivity index (χ4n) is 6.09. The minimum Gasteiger partial charge on any atom is -0.508 e. The highest BCUT2D eigenvalue weighted by atomic mass is 35.5. The average Bonchev–Trinajstić information content (AvgIpc) is 2.85. The van der Waals surface area contributed by atoms with Crippen molar-refractivity contribution in [2.24, 2.45) is 17.6 Å². The summed E-state index contributed by atoms with van der Waals surface area (Å²) in [4.78, 5) is 40.9. The van der Waals surface area contributed by atoms with Crippen molar-refractivity contribution in [2.75, 3.05) is 14.1 Å². The van der Waals surface area contributed by atoms with E-state index in [9.17, 15) is 39.9 Å². The summed E-state index contributed by atoms with van der Waals surface area (Å²) in [5, 5.41) is 57.0. The summed E-state index contributed by atoms with van der Waals surface area (Å²) < 4.78 is 0. The number of hydrogen-bond donors (Lipinski definition) is 6.